The van der Waals surface area contributed by atoms with Crippen LogP contribution < -0.4 is 5.32 Å². The molecule has 0 spiro atoms. The second-order valence-corrected chi connectivity index (χ2v) is 6.90. The van der Waals surface area contributed by atoms with Crippen LogP contribution in [0.1, 0.15) is 29.8 Å². The number of piperidine rings is 1. The van der Waals surface area contributed by atoms with Gasteiger partial charge in [-0.05, 0) is 51.9 Å². The number of benzene rings is 1. The van der Waals surface area contributed by atoms with Crippen molar-refractivity contribution in [2.75, 3.05) is 19.6 Å². The van der Waals surface area contributed by atoms with Crippen LogP contribution in [-0.2, 0) is 6.54 Å². The zero-order valence-electron chi connectivity index (χ0n) is 15.4. The Bertz CT molecular complexity index is 776. The molecule has 0 radical (unpaired) electrons. The van der Waals surface area contributed by atoms with Crippen molar-refractivity contribution in [3.8, 4) is 5.69 Å². The highest BCUT2D eigenvalue weighted by Crippen LogP contribution is 2.21. The average molecular weight is 360 g/mol. The maximum Gasteiger partial charge on any atom is 0.151 e. The van der Waals surface area contributed by atoms with Gasteiger partial charge < -0.3 is 5.32 Å². The van der Waals surface area contributed by atoms with Crippen LogP contribution in [0.25, 0.3) is 5.69 Å². The molecule has 4 nitrogen and oxygen atoms in total. The van der Waals surface area contributed by atoms with E-state index >= 15 is 0 Å². The van der Waals surface area contributed by atoms with E-state index in [1.54, 1.807) is 4.68 Å². The lowest BCUT2D eigenvalue weighted by Gasteiger charge is -2.31. The second kappa shape index (κ2) is 8.10. The summed E-state index contributed by atoms with van der Waals surface area (Å²) in [7, 11) is 0. The fraction of sp³-hybridized carbons (Fsp3) is 0.450. The zero-order valence-corrected chi connectivity index (χ0v) is 15.4. The molecule has 0 atom stereocenters. The first kappa shape index (κ1) is 18.7. The number of likely N-dealkylation sites (tertiary alicyclic amines) is 1. The Balaban J connectivity index is 1.68. The molecule has 1 aromatic heterocycles. The number of hydrogen-bond donors (Lipinski definition) is 1. The van der Waals surface area contributed by atoms with Gasteiger partial charge in [0.15, 0.2) is 5.82 Å². The lowest BCUT2D eigenvalue weighted by Crippen LogP contribution is -2.42. The van der Waals surface area contributed by atoms with E-state index in [9.17, 15) is 8.78 Å². The third kappa shape index (κ3) is 4.02. The largest absolute Gasteiger partial charge is 0.310 e. The summed E-state index contributed by atoms with van der Waals surface area (Å²) in [6.45, 7) is 11.4. The van der Waals surface area contributed by atoms with Gasteiger partial charge in [-0.15, -0.1) is 6.58 Å². The minimum absolute atomic E-state index is 0.274. The molecule has 0 amide bonds. The van der Waals surface area contributed by atoms with Crippen LogP contribution in [0.3, 0.4) is 0 Å². The molecule has 26 heavy (non-hydrogen) atoms. The third-order valence-corrected chi connectivity index (χ3v) is 5.12. The van der Waals surface area contributed by atoms with E-state index in [4.69, 9.17) is 0 Å². The molecule has 0 aliphatic carbocycles. The predicted octanol–water partition coefficient (Wildman–Crippen LogP) is 3.51. The number of hydrogen-bond acceptors (Lipinski definition) is 3. The van der Waals surface area contributed by atoms with Crippen LogP contribution in [0.5, 0.6) is 0 Å². The molecule has 0 saturated carbocycles. The van der Waals surface area contributed by atoms with Crippen molar-refractivity contribution in [2.24, 2.45) is 0 Å². The number of nitrogens with one attached hydrogen (secondary N) is 1. The highest BCUT2D eigenvalue weighted by Gasteiger charge is 2.20. The quantitative estimate of drug-likeness (QED) is 0.801. The van der Waals surface area contributed by atoms with Crippen molar-refractivity contribution >= 4 is 0 Å². The Morgan fingerprint density at radius 2 is 2.00 bits per heavy atom. The van der Waals surface area contributed by atoms with Crippen LogP contribution in [0.2, 0.25) is 0 Å². The monoisotopic (exact) mass is 360 g/mol. The lowest BCUT2D eigenvalue weighted by atomic mass is 10.0. The van der Waals surface area contributed by atoms with Crippen LogP contribution in [0, 0.1) is 25.5 Å². The van der Waals surface area contributed by atoms with Gasteiger partial charge in [0.05, 0.1) is 5.69 Å². The number of rotatable bonds is 6. The first-order valence-corrected chi connectivity index (χ1v) is 9.06. The van der Waals surface area contributed by atoms with Gasteiger partial charge >= 0.3 is 0 Å². The minimum Gasteiger partial charge on any atom is -0.310 e. The molecule has 2 aromatic rings. The summed E-state index contributed by atoms with van der Waals surface area (Å²) in [5.74, 6) is -1.19. The van der Waals surface area contributed by atoms with E-state index in [2.05, 4.69) is 21.9 Å². The Morgan fingerprint density at radius 3 is 2.65 bits per heavy atom. The molecule has 1 saturated heterocycles. The molecule has 0 unspecified atom stereocenters. The molecule has 1 fully saturated rings. The van der Waals surface area contributed by atoms with Crippen molar-refractivity contribution in [2.45, 2.75) is 39.3 Å². The van der Waals surface area contributed by atoms with Crippen molar-refractivity contribution in [3.05, 3.63) is 59.4 Å². The van der Waals surface area contributed by atoms with E-state index in [-0.39, 0.29) is 5.69 Å². The normalized spacial score (nSPS) is 16.2. The zero-order chi connectivity index (χ0) is 18.7. The summed E-state index contributed by atoms with van der Waals surface area (Å²) in [5.41, 5.74) is 3.09. The maximum absolute atomic E-state index is 14.1. The van der Waals surface area contributed by atoms with E-state index < -0.39 is 11.6 Å². The summed E-state index contributed by atoms with van der Waals surface area (Å²) in [5, 5.41) is 8.08. The summed E-state index contributed by atoms with van der Waals surface area (Å²) in [6, 6.07) is 4.04. The smallest absolute Gasteiger partial charge is 0.151 e. The summed E-state index contributed by atoms with van der Waals surface area (Å²) >= 11 is 0. The van der Waals surface area contributed by atoms with Crippen LogP contribution in [0.4, 0.5) is 8.78 Å². The van der Waals surface area contributed by atoms with Gasteiger partial charge in [-0.1, -0.05) is 6.08 Å². The van der Waals surface area contributed by atoms with E-state index in [1.165, 1.54) is 12.1 Å². The van der Waals surface area contributed by atoms with E-state index in [0.29, 0.717) is 12.6 Å². The summed E-state index contributed by atoms with van der Waals surface area (Å²) in [6.07, 6.45) is 4.16. The van der Waals surface area contributed by atoms with Gasteiger partial charge in [-0.25, -0.2) is 13.5 Å². The molecule has 140 valence electrons. The number of aromatic nitrogens is 2. The van der Waals surface area contributed by atoms with Crippen LogP contribution in [0.15, 0.2) is 30.9 Å². The van der Waals surface area contributed by atoms with Crippen molar-refractivity contribution in [1.29, 1.82) is 0 Å². The SMILES string of the molecule is C=CCN1CCC(NCc2c(C)nn(-c3ccc(F)cc3F)c2C)CC1. The average Bonchev–Trinajstić information content (AvgIpc) is 2.89. The van der Waals surface area contributed by atoms with Crippen molar-refractivity contribution in [3.63, 3.8) is 0 Å². The molecule has 0 bridgehead atoms. The maximum atomic E-state index is 14.1. The first-order valence-electron chi connectivity index (χ1n) is 9.06. The highest BCUT2D eigenvalue weighted by molar-refractivity contribution is 5.38. The number of nitrogens with zero attached hydrogens (tertiary/aromatic N) is 3. The molecule has 2 heterocycles. The molecule has 1 aliphatic heterocycles. The Morgan fingerprint density at radius 1 is 1.27 bits per heavy atom. The molecular formula is C20H26F2N4. The molecule has 6 heteroatoms. The van der Waals surface area contributed by atoms with E-state index in [1.807, 2.05) is 19.9 Å². The Hall–Kier alpha value is -2.05. The minimum atomic E-state index is -0.607. The Labute approximate surface area is 153 Å². The standard InChI is InChI=1S/C20H26F2N4/c1-4-9-25-10-7-17(8-11-25)23-13-18-14(2)24-26(15(18)3)20-6-5-16(21)12-19(20)22/h4-6,12,17,23H,1,7-11,13H2,2-3H3. The van der Waals surface area contributed by atoms with Gasteiger partial charge in [0, 0.05) is 36.5 Å². The number of halogens is 2. The highest BCUT2D eigenvalue weighted by atomic mass is 19.1. The molecule has 3 rings (SSSR count). The topological polar surface area (TPSA) is 33.1 Å². The fourth-order valence-electron chi connectivity index (χ4n) is 3.57. The second-order valence-electron chi connectivity index (χ2n) is 6.90. The van der Waals surface area contributed by atoms with Gasteiger partial charge in [0.1, 0.15) is 11.5 Å². The van der Waals surface area contributed by atoms with Crippen LogP contribution >= 0.6 is 0 Å². The molecule has 1 aliphatic rings. The lowest BCUT2D eigenvalue weighted by molar-refractivity contribution is 0.214. The molecule has 1 aromatic carbocycles. The predicted molar refractivity (Wildman–Crippen MR) is 99.5 cm³/mol. The van der Waals surface area contributed by atoms with Gasteiger partial charge in [-0.2, -0.15) is 5.10 Å². The fourth-order valence-corrected chi connectivity index (χ4v) is 3.57. The third-order valence-electron chi connectivity index (χ3n) is 5.12. The van der Waals surface area contributed by atoms with Crippen molar-refractivity contribution in [1.82, 2.24) is 20.0 Å². The van der Waals surface area contributed by atoms with Gasteiger partial charge in [0.2, 0.25) is 0 Å². The van der Waals surface area contributed by atoms with Gasteiger partial charge in [-0.3, -0.25) is 4.90 Å². The molecule has 1 N–H and O–H groups in total. The van der Waals surface area contributed by atoms with E-state index in [0.717, 1.165) is 55.5 Å². The summed E-state index contributed by atoms with van der Waals surface area (Å²) < 4.78 is 28.8. The summed E-state index contributed by atoms with van der Waals surface area (Å²) in [4.78, 5) is 2.40. The van der Waals surface area contributed by atoms with Crippen LogP contribution in [-0.4, -0.2) is 40.4 Å². The first-order chi connectivity index (χ1) is 12.5. The van der Waals surface area contributed by atoms with Crippen molar-refractivity contribution < 1.29 is 8.78 Å². The number of aryl methyl sites for hydroxylation is 1. The molecular weight excluding hydrogens is 334 g/mol. The Kier molecular flexibility index (Phi) is 5.84. The van der Waals surface area contributed by atoms with Gasteiger partial charge in [0.25, 0.3) is 0 Å².